The van der Waals surface area contributed by atoms with Crippen LogP contribution >= 0.6 is 0 Å². The Bertz CT molecular complexity index is 876. The fourth-order valence-electron chi connectivity index (χ4n) is 2.69. The zero-order valence-electron chi connectivity index (χ0n) is 12.5. The smallest absolute Gasteiger partial charge is 0.247 e. The lowest BCUT2D eigenvalue weighted by Crippen LogP contribution is -2.01. The second-order valence-electron chi connectivity index (χ2n) is 5.53. The summed E-state index contributed by atoms with van der Waals surface area (Å²) in [6.07, 6.45) is 0. The Morgan fingerprint density at radius 3 is 2.41 bits per heavy atom. The molecule has 4 nitrogen and oxygen atoms in total. The predicted octanol–water partition coefficient (Wildman–Crippen LogP) is 3.70. The summed E-state index contributed by atoms with van der Waals surface area (Å²) in [6.45, 7) is 4.61. The molecule has 1 aliphatic rings. The number of nitrogens with zero attached hydrogens (tertiary/aromatic N) is 3. The van der Waals surface area contributed by atoms with Crippen LogP contribution in [0, 0.1) is 13.8 Å². The summed E-state index contributed by atoms with van der Waals surface area (Å²) < 4.78 is 5.52. The summed E-state index contributed by atoms with van der Waals surface area (Å²) in [5.74, 6) is 1.12. The molecule has 0 saturated heterocycles. The molecule has 4 heteroatoms. The molecule has 0 fully saturated rings. The first-order valence-corrected chi connectivity index (χ1v) is 7.26. The van der Waals surface area contributed by atoms with E-state index in [0.29, 0.717) is 11.8 Å². The van der Waals surface area contributed by atoms with Gasteiger partial charge in [-0.25, -0.2) is 0 Å². The molecule has 3 aromatic rings. The largest absolute Gasteiger partial charge is 0.421 e. The molecule has 0 radical (unpaired) electrons. The lowest BCUT2D eigenvalue weighted by molar-refractivity contribution is 0.533. The van der Waals surface area contributed by atoms with Crippen LogP contribution in [0.25, 0.3) is 11.5 Å². The Hall–Kier alpha value is -2.75. The second kappa shape index (κ2) is 4.91. The summed E-state index contributed by atoms with van der Waals surface area (Å²) in [6, 6.07) is 14.7. The molecule has 2 aromatic carbocycles. The van der Waals surface area contributed by atoms with Crippen molar-refractivity contribution >= 4 is 5.71 Å². The van der Waals surface area contributed by atoms with Crippen LogP contribution in [-0.4, -0.2) is 15.9 Å². The highest BCUT2D eigenvalue weighted by Crippen LogP contribution is 2.28. The second-order valence-corrected chi connectivity index (χ2v) is 5.53. The van der Waals surface area contributed by atoms with E-state index < -0.39 is 0 Å². The van der Waals surface area contributed by atoms with Crippen LogP contribution in [-0.2, 0) is 6.54 Å². The first kappa shape index (κ1) is 13.0. The highest BCUT2D eigenvalue weighted by atomic mass is 16.4. The standard InChI is InChI=1S/C18H15N3O/c1-11-3-5-13(6-4-11)17-16-9-14(7-8-15(16)10-19-17)18-21-20-12(2)22-18/h3-9H,10H2,1-2H3. The minimum absolute atomic E-state index is 0.551. The van der Waals surface area contributed by atoms with Crippen LogP contribution in [0.1, 0.15) is 28.1 Å². The predicted molar refractivity (Wildman–Crippen MR) is 85.0 cm³/mol. The molecule has 4 rings (SSSR count). The van der Waals surface area contributed by atoms with E-state index in [-0.39, 0.29) is 0 Å². The van der Waals surface area contributed by atoms with Crippen molar-refractivity contribution in [1.29, 1.82) is 0 Å². The van der Waals surface area contributed by atoms with Crippen molar-refractivity contribution in [1.82, 2.24) is 10.2 Å². The van der Waals surface area contributed by atoms with E-state index in [9.17, 15) is 0 Å². The molecular weight excluding hydrogens is 274 g/mol. The first-order valence-electron chi connectivity index (χ1n) is 7.26. The van der Waals surface area contributed by atoms with Gasteiger partial charge in [0.15, 0.2) is 0 Å². The van der Waals surface area contributed by atoms with Gasteiger partial charge in [-0.15, -0.1) is 10.2 Å². The zero-order chi connectivity index (χ0) is 15.1. The average molecular weight is 289 g/mol. The third-order valence-corrected chi connectivity index (χ3v) is 3.87. The van der Waals surface area contributed by atoms with Crippen LogP contribution in [0.15, 0.2) is 51.9 Å². The van der Waals surface area contributed by atoms with Crippen LogP contribution in [0.5, 0.6) is 0 Å². The van der Waals surface area contributed by atoms with Crippen LogP contribution in [0.2, 0.25) is 0 Å². The number of aliphatic imine (C=N–C) groups is 1. The van der Waals surface area contributed by atoms with Crippen LogP contribution in [0.3, 0.4) is 0 Å². The van der Waals surface area contributed by atoms with Crippen molar-refractivity contribution in [3.8, 4) is 11.5 Å². The highest BCUT2D eigenvalue weighted by Gasteiger charge is 2.19. The average Bonchev–Trinajstić information content (AvgIpc) is 3.14. The summed E-state index contributed by atoms with van der Waals surface area (Å²) in [5, 5.41) is 7.99. The van der Waals surface area contributed by atoms with Gasteiger partial charge in [0.25, 0.3) is 0 Å². The van der Waals surface area contributed by atoms with Gasteiger partial charge in [0.2, 0.25) is 11.8 Å². The molecule has 0 amide bonds. The third-order valence-electron chi connectivity index (χ3n) is 3.87. The quantitative estimate of drug-likeness (QED) is 0.722. The summed E-state index contributed by atoms with van der Waals surface area (Å²) in [4.78, 5) is 4.69. The Morgan fingerprint density at radius 1 is 0.909 bits per heavy atom. The maximum atomic E-state index is 5.52. The van der Waals surface area contributed by atoms with Gasteiger partial charge >= 0.3 is 0 Å². The van der Waals surface area contributed by atoms with Gasteiger partial charge in [-0.05, 0) is 24.6 Å². The molecule has 1 aromatic heterocycles. The van der Waals surface area contributed by atoms with Gasteiger partial charge in [-0.3, -0.25) is 4.99 Å². The van der Waals surface area contributed by atoms with Crippen molar-refractivity contribution in [2.45, 2.75) is 20.4 Å². The number of aromatic nitrogens is 2. The Kier molecular flexibility index (Phi) is 2.89. The van der Waals surface area contributed by atoms with Crippen molar-refractivity contribution in [3.05, 3.63) is 70.6 Å². The zero-order valence-corrected chi connectivity index (χ0v) is 12.5. The van der Waals surface area contributed by atoms with Crippen molar-refractivity contribution in [2.24, 2.45) is 4.99 Å². The summed E-state index contributed by atoms with van der Waals surface area (Å²) in [5.41, 5.74) is 6.74. The lowest BCUT2D eigenvalue weighted by Gasteiger charge is -2.06. The van der Waals surface area contributed by atoms with Crippen LogP contribution < -0.4 is 0 Å². The SMILES string of the molecule is Cc1ccc(C2=NCc3ccc(-c4nnc(C)o4)cc32)cc1. The third kappa shape index (κ3) is 2.13. The fourth-order valence-corrected chi connectivity index (χ4v) is 2.69. The highest BCUT2D eigenvalue weighted by molar-refractivity contribution is 6.15. The van der Waals surface area contributed by atoms with Gasteiger partial charge in [0.05, 0.1) is 12.3 Å². The Labute approximate surface area is 128 Å². The number of aryl methyl sites for hydroxylation is 2. The number of hydrogen-bond acceptors (Lipinski definition) is 4. The first-order chi connectivity index (χ1) is 10.7. The van der Waals surface area contributed by atoms with E-state index in [0.717, 1.165) is 28.9 Å². The van der Waals surface area contributed by atoms with E-state index in [1.165, 1.54) is 11.1 Å². The molecule has 0 spiro atoms. The van der Waals surface area contributed by atoms with E-state index in [2.05, 4.69) is 53.5 Å². The molecule has 0 unspecified atom stereocenters. The maximum absolute atomic E-state index is 5.52. The molecule has 0 aliphatic carbocycles. The summed E-state index contributed by atoms with van der Waals surface area (Å²) >= 11 is 0. The minimum atomic E-state index is 0.551. The van der Waals surface area contributed by atoms with Crippen LogP contribution in [0.4, 0.5) is 0 Å². The van der Waals surface area contributed by atoms with Gasteiger partial charge in [0.1, 0.15) is 0 Å². The van der Waals surface area contributed by atoms with Crippen molar-refractivity contribution in [3.63, 3.8) is 0 Å². The molecule has 0 bridgehead atoms. The minimum Gasteiger partial charge on any atom is -0.421 e. The number of hydrogen-bond donors (Lipinski definition) is 0. The van der Waals surface area contributed by atoms with Crippen molar-refractivity contribution < 1.29 is 4.42 Å². The molecular formula is C18H15N3O. The van der Waals surface area contributed by atoms with Gasteiger partial charge < -0.3 is 4.42 Å². The number of benzene rings is 2. The van der Waals surface area contributed by atoms with E-state index >= 15 is 0 Å². The van der Waals surface area contributed by atoms with E-state index in [1.54, 1.807) is 6.92 Å². The van der Waals surface area contributed by atoms with E-state index in [4.69, 9.17) is 9.41 Å². The van der Waals surface area contributed by atoms with Gasteiger partial charge in [0, 0.05) is 23.6 Å². The molecule has 0 N–H and O–H groups in total. The van der Waals surface area contributed by atoms with Gasteiger partial charge in [-0.1, -0.05) is 35.9 Å². The monoisotopic (exact) mass is 289 g/mol. The molecule has 0 saturated carbocycles. The number of rotatable bonds is 2. The molecule has 108 valence electrons. The number of fused-ring (bicyclic) bond motifs is 1. The van der Waals surface area contributed by atoms with Crippen molar-refractivity contribution in [2.75, 3.05) is 0 Å². The maximum Gasteiger partial charge on any atom is 0.247 e. The van der Waals surface area contributed by atoms with E-state index in [1.807, 2.05) is 6.07 Å². The van der Waals surface area contributed by atoms with Gasteiger partial charge in [-0.2, -0.15) is 0 Å². The fraction of sp³-hybridized carbons (Fsp3) is 0.167. The normalized spacial score (nSPS) is 13.1. The molecule has 22 heavy (non-hydrogen) atoms. The Balaban J connectivity index is 1.78. The molecule has 2 heterocycles. The Morgan fingerprint density at radius 2 is 1.68 bits per heavy atom. The topological polar surface area (TPSA) is 51.3 Å². The molecule has 1 aliphatic heterocycles. The molecule has 0 atom stereocenters. The summed E-state index contributed by atoms with van der Waals surface area (Å²) in [7, 11) is 0. The lowest BCUT2D eigenvalue weighted by atomic mass is 9.97.